The number of hydrogen-bond acceptors (Lipinski definition) is 6. The molecule has 9 nitrogen and oxygen atoms in total. The van der Waals surface area contributed by atoms with E-state index in [1.165, 1.54) is 32.1 Å². The molecule has 9 heteroatoms. The fourth-order valence-electron chi connectivity index (χ4n) is 5.09. The summed E-state index contributed by atoms with van der Waals surface area (Å²) in [5.74, 6) is 0.713. The van der Waals surface area contributed by atoms with Gasteiger partial charge in [-0.15, -0.1) is 5.10 Å². The van der Waals surface area contributed by atoms with Crippen LogP contribution in [0.5, 0.6) is 0 Å². The van der Waals surface area contributed by atoms with Gasteiger partial charge in [0.15, 0.2) is 0 Å². The molecular formula is C23H28N6O3. The number of carbonyl (C=O) groups excluding carboxylic acids is 1. The van der Waals surface area contributed by atoms with Crippen LogP contribution in [0.4, 0.5) is 10.5 Å². The lowest BCUT2D eigenvalue weighted by Gasteiger charge is -2.20. The van der Waals surface area contributed by atoms with Crippen molar-refractivity contribution in [2.24, 2.45) is 5.92 Å². The van der Waals surface area contributed by atoms with Crippen LogP contribution in [-0.2, 0) is 15.9 Å². The Morgan fingerprint density at radius 1 is 1.19 bits per heavy atom. The van der Waals surface area contributed by atoms with Gasteiger partial charge in [0, 0.05) is 11.9 Å². The number of fused-ring (bicyclic) bond motifs is 1. The fraction of sp³-hybridized carbons (Fsp3) is 0.565. The van der Waals surface area contributed by atoms with Gasteiger partial charge in [0.25, 0.3) is 0 Å². The number of nitriles is 1. The second kappa shape index (κ2) is 9.27. The number of aromatic nitrogens is 3. The Morgan fingerprint density at radius 2 is 2.03 bits per heavy atom. The predicted octanol–water partition coefficient (Wildman–Crippen LogP) is 2.80. The average Bonchev–Trinajstić information content (AvgIpc) is 3.52. The average molecular weight is 437 g/mol. The maximum atomic E-state index is 12.5. The van der Waals surface area contributed by atoms with Crippen molar-refractivity contribution < 1.29 is 14.3 Å². The molecule has 0 spiro atoms. The molecule has 0 unspecified atom stereocenters. The normalized spacial score (nSPS) is 27.6. The third-order valence-electron chi connectivity index (χ3n) is 6.71. The number of nitrogens with one attached hydrogen (secondary N) is 2. The third kappa shape index (κ3) is 4.47. The van der Waals surface area contributed by atoms with Gasteiger partial charge in [-0.2, -0.15) is 5.26 Å². The largest absolute Gasteiger partial charge is 0.371 e. The van der Waals surface area contributed by atoms with Crippen molar-refractivity contribution in [2.45, 2.75) is 62.8 Å². The summed E-state index contributed by atoms with van der Waals surface area (Å²) in [7, 11) is 0. The Balaban J connectivity index is 1.17. The van der Waals surface area contributed by atoms with E-state index in [2.05, 4.69) is 27.0 Å². The molecule has 168 valence electrons. The van der Waals surface area contributed by atoms with Gasteiger partial charge in [-0.1, -0.05) is 43.4 Å². The smallest absolute Gasteiger partial charge is 0.319 e. The SMILES string of the molecule is N#Cc1cccc(NC(=O)N[C@H]2CO[C@H]3[C@@H]2OC[C@@H]3n2cc(CC3CCCCC3)nn2)c1. The number of nitrogens with zero attached hydrogens (tertiary/aromatic N) is 4. The molecule has 2 aromatic rings. The first-order chi connectivity index (χ1) is 15.7. The Bertz CT molecular complexity index is 996. The molecule has 3 aliphatic rings. The number of carbonyl (C=O) groups is 1. The highest BCUT2D eigenvalue weighted by atomic mass is 16.6. The number of benzene rings is 1. The monoisotopic (exact) mass is 436 g/mol. The Kier molecular flexibility index (Phi) is 6.06. The molecule has 2 aliphatic heterocycles. The Labute approximate surface area is 187 Å². The first-order valence-corrected chi connectivity index (χ1v) is 11.4. The lowest BCUT2D eigenvalue weighted by atomic mass is 9.86. The maximum absolute atomic E-state index is 12.5. The molecule has 0 radical (unpaired) electrons. The molecular weight excluding hydrogens is 408 g/mol. The van der Waals surface area contributed by atoms with Gasteiger partial charge in [0.2, 0.25) is 0 Å². The summed E-state index contributed by atoms with van der Waals surface area (Å²) in [5.41, 5.74) is 2.09. The second-order valence-corrected chi connectivity index (χ2v) is 8.96. The lowest BCUT2D eigenvalue weighted by molar-refractivity contribution is 0.0622. The van der Waals surface area contributed by atoms with E-state index in [0.717, 1.165) is 12.1 Å². The highest BCUT2D eigenvalue weighted by Crippen LogP contribution is 2.34. The molecule has 2 N–H and O–H groups in total. The topological polar surface area (TPSA) is 114 Å². The first-order valence-electron chi connectivity index (χ1n) is 11.4. The van der Waals surface area contributed by atoms with Gasteiger partial charge in [-0.25, -0.2) is 9.48 Å². The fourth-order valence-corrected chi connectivity index (χ4v) is 5.09. The van der Waals surface area contributed by atoms with E-state index in [9.17, 15) is 4.79 Å². The van der Waals surface area contributed by atoms with Gasteiger partial charge in [-0.05, 0) is 30.5 Å². The van der Waals surface area contributed by atoms with Crippen molar-refractivity contribution >= 4 is 11.7 Å². The molecule has 32 heavy (non-hydrogen) atoms. The van der Waals surface area contributed by atoms with Crippen molar-refractivity contribution in [1.29, 1.82) is 5.26 Å². The van der Waals surface area contributed by atoms with Gasteiger partial charge in [-0.3, -0.25) is 0 Å². The van der Waals surface area contributed by atoms with Crippen LogP contribution in [0.3, 0.4) is 0 Å². The summed E-state index contributed by atoms with van der Waals surface area (Å²) >= 11 is 0. The Hall–Kier alpha value is -2.96. The summed E-state index contributed by atoms with van der Waals surface area (Å²) < 4.78 is 13.9. The van der Waals surface area contributed by atoms with E-state index in [-0.39, 0.29) is 30.3 Å². The van der Waals surface area contributed by atoms with Crippen molar-refractivity contribution in [2.75, 3.05) is 18.5 Å². The quantitative estimate of drug-likeness (QED) is 0.745. The van der Waals surface area contributed by atoms with E-state index in [1.54, 1.807) is 24.3 Å². The van der Waals surface area contributed by atoms with E-state index < -0.39 is 0 Å². The van der Waals surface area contributed by atoms with Crippen LogP contribution < -0.4 is 10.6 Å². The Morgan fingerprint density at radius 3 is 2.88 bits per heavy atom. The van der Waals surface area contributed by atoms with Crippen LogP contribution in [0.15, 0.2) is 30.5 Å². The van der Waals surface area contributed by atoms with Crippen LogP contribution in [0.1, 0.15) is 49.4 Å². The molecule has 2 amide bonds. The molecule has 1 aromatic carbocycles. The van der Waals surface area contributed by atoms with Crippen molar-refractivity contribution in [3.63, 3.8) is 0 Å². The molecule has 3 heterocycles. The number of urea groups is 1. The molecule has 5 rings (SSSR count). The lowest BCUT2D eigenvalue weighted by Crippen LogP contribution is -2.45. The van der Waals surface area contributed by atoms with Crippen molar-refractivity contribution in [3.05, 3.63) is 41.7 Å². The summed E-state index contributed by atoms with van der Waals surface area (Å²) in [6.07, 6.45) is 9.16. The molecule has 0 bridgehead atoms. The first kappa shape index (κ1) is 20.9. The van der Waals surface area contributed by atoms with E-state index >= 15 is 0 Å². The number of rotatable bonds is 5. The van der Waals surface area contributed by atoms with Crippen LogP contribution >= 0.6 is 0 Å². The zero-order valence-corrected chi connectivity index (χ0v) is 17.9. The van der Waals surface area contributed by atoms with E-state index in [4.69, 9.17) is 14.7 Å². The number of hydrogen-bond donors (Lipinski definition) is 2. The van der Waals surface area contributed by atoms with Crippen LogP contribution in [-0.4, -0.2) is 52.5 Å². The highest BCUT2D eigenvalue weighted by molar-refractivity contribution is 5.89. The summed E-state index contributed by atoms with van der Waals surface area (Å²) in [6, 6.07) is 8.20. The summed E-state index contributed by atoms with van der Waals surface area (Å²) in [4.78, 5) is 12.5. The minimum absolute atomic E-state index is 0.0465. The second-order valence-electron chi connectivity index (χ2n) is 8.96. The number of ether oxygens (including phenoxy) is 2. The van der Waals surface area contributed by atoms with Crippen molar-refractivity contribution in [3.8, 4) is 6.07 Å². The minimum Gasteiger partial charge on any atom is -0.371 e. The highest BCUT2D eigenvalue weighted by Gasteiger charge is 2.49. The predicted molar refractivity (Wildman–Crippen MR) is 116 cm³/mol. The third-order valence-corrected chi connectivity index (χ3v) is 6.71. The number of amides is 2. The zero-order chi connectivity index (χ0) is 21.9. The van der Waals surface area contributed by atoms with E-state index in [1.807, 2.05) is 10.9 Å². The van der Waals surface area contributed by atoms with Gasteiger partial charge < -0.3 is 20.1 Å². The van der Waals surface area contributed by atoms with Crippen LogP contribution in [0, 0.1) is 17.2 Å². The van der Waals surface area contributed by atoms with Crippen LogP contribution in [0.25, 0.3) is 0 Å². The molecule has 1 aromatic heterocycles. The molecule has 4 atom stereocenters. The molecule has 1 aliphatic carbocycles. The summed E-state index contributed by atoms with van der Waals surface area (Å²) in [5, 5.41) is 23.5. The molecule has 3 fully saturated rings. The minimum atomic E-state index is -0.350. The van der Waals surface area contributed by atoms with Crippen molar-refractivity contribution in [1.82, 2.24) is 20.3 Å². The standard InChI is InChI=1S/C23H28N6O3/c24-11-16-7-4-8-17(10-16)25-23(30)26-19-13-31-22-20(14-32-21(19)22)29-12-18(27-28-29)9-15-5-2-1-3-6-15/h4,7-8,10,12,15,19-22H,1-3,5-6,9,13-14H2,(H2,25,26,30)/t19-,20-,21+,22+/m0/s1. The zero-order valence-electron chi connectivity index (χ0n) is 17.9. The molecule has 1 saturated carbocycles. The van der Waals surface area contributed by atoms with Crippen LogP contribution in [0.2, 0.25) is 0 Å². The number of anilines is 1. The summed E-state index contributed by atoms with van der Waals surface area (Å²) in [6.45, 7) is 0.854. The molecule has 2 saturated heterocycles. The van der Waals surface area contributed by atoms with E-state index in [0.29, 0.717) is 30.4 Å². The van der Waals surface area contributed by atoms with Gasteiger partial charge in [0.1, 0.15) is 18.2 Å². The van der Waals surface area contributed by atoms with Gasteiger partial charge >= 0.3 is 6.03 Å². The van der Waals surface area contributed by atoms with Gasteiger partial charge in [0.05, 0.1) is 36.6 Å². The maximum Gasteiger partial charge on any atom is 0.319 e.